The van der Waals surface area contributed by atoms with Crippen LogP contribution in [0.15, 0.2) is 17.1 Å². The second-order valence-corrected chi connectivity index (χ2v) is 5.48. The molecule has 0 bridgehead atoms. The van der Waals surface area contributed by atoms with Crippen LogP contribution in [0.25, 0.3) is 0 Å². The minimum Gasteiger partial charge on any atom is -0.493 e. The lowest BCUT2D eigenvalue weighted by Crippen LogP contribution is -2.25. The maximum atomic E-state index is 5.45. The van der Waals surface area contributed by atoms with Crippen molar-refractivity contribution < 1.29 is 4.74 Å². The third kappa shape index (κ3) is 3.17. The monoisotopic (exact) mass is 295 g/mol. The molecule has 1 unspecified atom stereocenters. The molecule has 0 spiro atoms. The Bertz CT molecular complexity index is 523. The molecule has 0 radical (unpaired) electrons. The Morgan fingerprint density at radius 2 is 2.30 bits per heavy atom. The minimum atomic E-state index is -0.0131. The Morgan fingerprint density at radius 1 is 1.50 bits per heavy atom. The molecule has 6 nitrogen and oxygen atoms in total. The highest BCUT2D eigenvalue weighted by Crippen LogP contribution is 2.29. The molecular weight excluding hydrogens is 274 g/mol. The third-order valence-corrected chi connectivity index (χ3v) is 3.74. The normalized spacial score (nSPS) is 12.8. The van der Waals surface area contributed by atoms with Crippen molar-refractivity contribution in [2.75, 3.05) is 34.8 Å². The van der Waals surface area contributed by atoms with Crippen molar-refractivity contribution in [1.82, 2.24) is 25.0 Å². The van der Waals surface area contributed by atoms with Crippen LogP contribution in [0.3, 0.4) is 0 Å². The Kier molecular flexibility index (Phi) is 5.11. The van der Waals surface area contributed by atoms with E-state index in [1.165, 1.54) is 0 Å². The van der Waals surface area contributed by atoms with Crippen LogP contribution in [-0.2, 0) is 6.54 Å². The molecule has 2 rings (SSSR count). The van der Waals surface area contributed by atoms with E-state index in [9.17, 15) is 0 Å². The third-order valence-electron chi connectivity index (χ3n) is 3.13. The Morgan fingerprint density at radius 3 is 2.85 bits per heavy atom. The molecule has 1 N–H and O–H groups in total. The van der Waals surface area contributed by atoms with Gasteiger partial charge in [-0.1, -0.05) is 0 Å². The summed E-state index contributed by atoms with van der Waals surface area (Å²) in [4.78, 5) is 6.54. The van der Waals surface area contributed by atoms with Crippen molar-refractivity contribution in [2.45, 2.75) is 12.6 Å². The van der Waals surface area contributed by atoms with Crippen molar-refractivity contribution in [2.24, 2.45) is 0 Å². The van der Waals surface area contributed by atoms with Crippen LogP contribution >= 0.6 is 11.3 Å². The van der Waals surface area contributed by atoms with E-state index in [4.69, 9.17) is 4.74 Å². The molecule has 0 saturated carbocycles. The number of nitrogens with zero attached hydrogens (tertiary/aromatic N) is 4. The number of likely N-dealkylation sites (N-methyl/N-ethyl adjacent to an activating group) is 1. The molecule has 0 fully saturated rings. The van der Waals surface area contributed by atoms with Crippen molar-refractivity contribution in [3.05, 3.63) is 28.5 Å². The average Bonchev–Trinajstić information content (AvgIpc) is 3.07. The van der Waals surface area contributed by atoms with Gasteiger partial charge >= 0.3 is 0 Å². The van der Waals surface area contributed by atoms with Gasteiger partial charge in [-0.15, -0.1) is 11.3 Å². The van der Waals surface area contributed by atoms with E-state index in [1.807, 2.05) is 22.6 Å². The van der Waals surface area contributed by atoms with E-state index in [0.717, 1.165) is 30.2 Å². The van der Waals surface area contributed by atoms with Crippen LogP contribution in [0.4, 0.5) is 0 Å². The standard InChI is InChI=1S/C13H21N5OS/c1-14-12(10-8-20-9-15-10)13-11(19-4)7-16-18(13)6-5-17(2)3/h7-9,12,14H,5-6H2,1-4H3. The number of methoxy groups -OCH3 is 1. The van der Waals surface area contributed by atoms with Crippen molar-refractivity contribution in [1.29, 1.82) is 0 Å². The van der Waals surface area contributed by atoms with Gasteiger partial charge in [-0.25, -0.2) is 4.98 Å². The first-order valence-corrected chi connectivity index (χ1v) is 7.41. The summed E-state index contributed by atoms with van der Waals surface area (Å²) < 4.78 is 7.44. The zero-order valence-electron chi connectivity index (χ0n) is 12.3. The molecule has 0 amide bonds. The topological polar surface area (TPSA) is 55.2 Å². The van der Waals surface area contributed by atoms with Gasteiger partial charge in [0.2, 0.25) is 0 Å². The SMILES string of the molecule is CNC(c1cscn1)c1c(OC)cnn1CCN(C)C. The fourth-order valence-electron chi connectivity index (χ4n) is 2.09. The first-order valence-electron chi connectivity index (χ1n) is 6.47. The zero-order chi connectivity index (χ0) is 14.5. The summed E-state index contributed by atoms with van der Waals surface area (Å²) in [5.74, 6) is 0.788. The number of aromatic nitrogens is 3. The minimum absolute atomic E-state index is 0.0131. The smallest absolute Gasteiger partial charge is 0.161 e. The largest absolute Gasteiger partial charge is 0.493 e. The second-order valence-electron chi connectivity index (χ2n) is 4.76. The number of nitrogens with one attached hydrogen (secondary N) is 1. The summed E-state index contributed by atoms with van der Waals surface area (Å²) in [5.41, 5.74) is 3.84. The highest BCUT2D eigenvalue weighted by Gasteiger charge is 2.23. The molecule has 110 valence electrons. The number of ether oxygens (including phenoxy) is 1. The first-order chi connectivity index (χ1) is 9.67. The summed E-state index contributed by atoms with van der Waals surface area (Å²) in [5, 5.41) is 9.78. The van der Waals surface area contributed by atoms with E-state index in [-0.39, 0.29) is 6.04 Å². The molecule has 2 aromatic heterocycles. The Labute approximate surface area is 123 Å². The van der Waals surface area contributed by atoms with Crippen molar-refractivity contribution in [3.8, 4) is 5.75 Å². The molecule has 2 heterocycles. The van der Waals surface area contributed by atoms with E-state index >= 15 is 0 Å². The van der Waals surface area contributed by atoms with E-state index in [0.29, 0.717) is 0 Å². The fraction of sp³-hybridized carbons (Fsp3) is 0.538. The van der Waals surface area contributed by atoms with Crippen LogP contribution in [-0.4, -0.2) is 54.5 Å². The molecular formula is C13H21N5OS. The predicted octanol–water partition coefficient (Wildman–Crippen LogP) is 1.22. The van der Waals surface area contributed by atoms with Crippen LogP contribution < -0.4 is 10.1 Å². The zero-order valence-corrected chi connectivity index (χ0v) is 13.1. The lowest BCUT2D eigenvalue weighted by atomic mass is 10.1. The van der Waals surface area contributed by atoms with E-state index in [2.05, 4.69) is 34.4 Å². The van der Waals surface area contributed by atoms with Crippen LogP contribution in [0.5, 0.6) is 5.75 Å². The van der Waals surface area contributed by atoms with Gasteiger partial charge in [-0.05, 0) is 21.1 Å². The van der Waals surface area contributed by atoms with Crippen molar-refractivity contribution in [3.63, 3.8) is 0 Å². The Hall–Kier alpha value is -1.44. The fourth-order valence-corrected chi connectivity index (χ4v) is 2.67. The van der Waals surface area contributed by atoms with Crippen LogP contribution in [0.2, 0.25) is 0 Å². The molecule has 1 atom stereocenters. The molecule has 0 aliphatic carbocycles. The predicted molar refractivity (Wildman–Crippen MR) is 80.3 cm³/mol. The highest BCUT2D eigenvalue weighted by molar-refractivity contribution is 7.07. The lowest BCUT2D eigenvalue weighted by molar-refractivity contribution is 0.360. The molecule has 0 saturated heterocycles. The summed E-state index contributed by atoms with van der Waals surface area (Å²) in [6.45, 7) is 1.74. The van der Waals surface area contributed by atoms with Gasteiger partial charge in [0.05, 0.1) is 37.1 Å². The van der Waals surface area contributed by atoms with E-state index in [1.54, 1.807) is 24.6 Å². The van der Waals surface area contributed by atoms with Gasteiger partial charge < -0.3 is 15.0 Å². The van der Waals surface area contributed by atoms with Gasteiger partial charge in [0.25, 0.3) is 0 Å². The Balaban J connectivity index is 2.34. The second kappa shape index (κ2) is 6.83. The number of rotatable bonds is 7. The highest BCUT2D eigenvalue weighted by atomic mass is 32.1. The van der Waals surface area contributed by atoms with Crippen molar-refractivity contribution >= 4 is 11.3 Å². The quantitative estimate of drug-likeness (QED) is 0.832. The van der Waals surface area contributed by atoms with Gasteiger partial charge in [0.1, 0.15) is 5.69 Å². The maximum absolute atomic E-state index is 5.45. The summed E-state index contributed by atoms with van der Waals surface area (Å²) in [7, 11) is 7.70. The molecule has 0 aromatic carbocycles. The summed E-state index contributed by atoms with van der Waals surface area (Å²) in [6, 6.07) is -0.0131. The summed E-state index contributed by atoms with van der Waals surface area (Å²) >= 11 is 1.59. The number of hydrogen-bond donors (Lipinski definition) is 1. The van der Waals surface area contributed by atoms with Crippen LogP contribution in [0, 0.1) is 0 Å². The van der Waals surface area contributed by atoms with Gasteiger partial charge in [0.15, 0.2) is 5.75 Å². The molecule has 0 aliphatic rings. The molecule has 0 aliphatic heterocycles. The van der Waals surface area contributed by atoms with Crippen LogP contribution in [0.1, 0.15) is 17.4 Å². The molecule has 20 heavy (non-hydrogen) atoms. The average molecular weight is 295 g/mol. The molecule has 2 aromatic rings. The summed E-state index contributed by atoms with van der Waals surface area (Å²) in [6.07, 6.45) is 1.77. The van der Waals surface area contributed by atoms with Gasteiger partial charge in [0, 0.05) is 11.9 Å². The lowest BCUT2D eigenvalue weighted by Gasteiger charge is -2.18. The molecule has 7 heteroatoms. The van der Waals surface area contributed by atoms with Gasteiger partial charge in [-0.3, -0.25) is 4.68 Å². The number of hydrogen-bond acceptors (Lipinski definition) is 6. The first kappa shape index (κ1) is 15.0. The maximum Gasteiger partial charge on any atom is 0.161 e. The van der Waals surface area contributed by atoms with E-state index < -0.39 is 0 Å². The van der Waals surface area contributed by atoms with Gasteiger partial charge in [-0.2, -0.15) is 5.10 Å². The number of thiazole rings is 1.